The maximum absolute atomic E-state index is 13.1. The molecule has 2 heterocycles. The van der Waals surface area contributed by atoms with Crippen LogP contribution in [-0.2, 0) is 0 Å². The first-order chi connectivity index (χ1) is 16.2. The second-order valence-electron chi connectivity index (χ2n) is 7.59. The lowest BCUT2D eigenvalue weighted by Gasteiger charge is -2.23. The van der Waals surface area contributed by atoms with Crippen molar-refractivity contribution in [2.75, 3.05) is 13.1 Å². The number of rotatable bonds is 8. The molecule has 12 nitrogen and oxygen atoms in total. The molecule has 33 heavy (non-hydrogen) atoms. The lowest BCUT2D eigenvalue weighted by atomic mass is 10.1. The van der Waals surface area contributed by atoms with Gasteiger partial charge in [-0.1, -0.05) is 0 Å². The molecule has 0 saturated heterocycles. The number of tetrazole rings is 2. The fraction of sp³-hybridized carbons (Fsp3) is 0.238. The number of nitrogens with zero attached hydrogens (tertiary/aromatic N) is 9. The van der Waals surface area contributed by atoms with Crippen molar-refractivity contribution in [3.05, 3.63) is 72.3 Å². The summed E-state index contributed by atoms with van der Waals surface area (Å²) in [7, 11) is 0. The first kappa shape index (κ1) is 20.4. The van der Waals surface area contributed by atoms with Gasteiger partial charge in [-0.05, 0) is 82.2 Å². The average molecular weight is 444 g/mol. The smallest absolute Gasteiger partial charge is 0.254 e. The molecule has 1 N–H and O–H groups in total. The zero-order valence-electron chi connectivity index (χ0n) is 17.5. The lowest BCUT2D eigenvalue weighted by molar-refractivity contribution is 0.0736. The Hall–Kier alpha value is -4.48. The van der Waals surface area contributed by atoms with E-state index in [0.717, 1.165) is 24.2 Å². The molecule has 1 aliphatic carbocycles. The third-order valence-electron chi connectivity index (χ3n) is 5.36. The SMILES string of the molecule is O=C(NCCN(C(=O)c1ccc(-n2cnnn2)cc1)C1CC1)c1ccc(-n2cnnn2)cc1. The summed E-state index contributed by atoms with van der Waals surface area (Å²) in [6.07, 6.45) is 4.93. The summed E-state index contributed by atoms with van der Waals surface area (Å²) < 4.78 is 3.04. The van der Waals surface area contributed by atoms with Gasteiger partial charge in [0.2, 0.25) is 0 Å². The molecule has 0 radical (unpaired) electrons. The van der Waals surface area contributed by atoms with E-state index in [1.807, 2.05) is 4.90 Å². The van der Waals surface area contributed by atoms with E-state index in [-0.39, 0.29) is 17.9 Å². The van der Waals surface area contributed by atoms with Crippen molar-refractivity contribution in [1.29, 1.82) is 0 Å². The third kappa shape index (κ3) is 4.59. The summed E-state index contributed by atoms with van der Waals surface area (Å²) in [5, 5.41) is 25.0. The van der Waals surface area contributed by atoms with Crippen molar-refractivity contribution in [1.82, 2.24) is 50.6 Å². The molecular formula is C21H20N10O2. The highest BCUT2D eigenvalue weighted by Gasteiger charge is 2.32. The zero-order chi connectivity index (χ0) is 22.6. The summed E-state index contributed by atoms with van der Waals surface area (Å²) in [6.45, 7) is 0.797. The maximum atomic E-state index is 13.1. The minimum atomic E-state index is -0.202. The van der Waals surface area contributed by atoms with E-state index in [1.54, 1.807) is 48.5 Å². The fourth-order valence-corrected chi connectivity index (χ4v) is 3.48. The Morgan fingerprint density at radius 2 is 1.39 bits per heavy atom. The molecule has 0 unspecified atom stereocenters. The molecular weight excluding hydrogens is 424 g/mol. The van der Waals surface area contributed by atoms with Gasteiger partial charge in [0, 0.05) is 30.3 Å². The average Bonchev–Trinajstić information content (AvgIpc) is 3.29. The second kappa shape index (κ2) is 8.94. The summed E-state index contributed by atoms with van der Waals surface area (Å²) >= 11 is 0. The van der Waals surface area contributed by atoms with Crippen LogP contribution >= 0.6 is 0 Å². The Balaban J connectivity index is 1.18. The molecule has 1 aliphatic rings. The quantitative estimate of drug-likeness (QED) is 0.419. The number of carbonyl (C=O) groups excluding carboxylic acids is 2. The molecule has 0 spiro atoms. The van der Waals surface area contributed by atoms with Crippen molar-refractivity contribution < 1.29 is 9.59 Å². The molecule has 5 rings (SSSR count). The molecule has 1 fully saturated rings. The number of nitrogens with one attached hydrogen (secondary N) is 1. The summed E-state index contributed by atoms with van der Waals surface area (Å²) in [5.41, 5.74) is 2.64. The Bertz CT molecular complexity index is 1220. The van der Waals surface area contributed by atoms with Crippen molar-refractivity contribution in [2.24, 2.45) is 0 Å². The van der Waals surface area contributed by atoms with Crippen LogP contribution in [0.1, 0.15) is 33.6 Å². The molecule has 166 valence electrons. The Morgan fingerprint density at radius 1 is 0.848 bits per heavy atom. The minimum absolute atomic E-state index is 0.0548. The van der Waals surface area contributed by atoms with E-state index in [0.29, 0.717) is 24.2 Å². The number of hydrogen-bond acceptors (Lipinski definition) is 8. The number of carbonyl (C=O) groups is 2. The standard InChI is InChI=1S/C21H20N10O2/c32-20(15-1-5-18(6-2-15)30-13-23-25-27-30)22-11-12-29(17-9-10-17)21(33)16-3-7-19(8-4-16)31-14-24-26-28-31/h1-8,13-14,17H,9-12H2,(H,22,32). The summed E-state index contributed by atoms with van der Waals surface area (Å²) in [6, 6.07) is 14.3. The second-order valence-corrected chi connectivity index (χ2v) is 7.59. The van der Waals surface area contributed by atoms with Gasteiger partial charge < -0.3 is 10.2 Å². The van der Waals surface area contributed by atoms with Crippen LogP contribution in [0.5, 0.6) is 0 Å². The minimum Gasteiger partial charge on any atom is -0.350 e. The third-order valence-corrected chi connectivity index (χ3v) is 5.36. The molecule has 0 bridgehead atoms. The van der Waals surface area contributed by atoms with Crippen LogP contribution in [0.4, 0.5) is 0 Å². The van der Waals surface area contributed by atoms with E-state index < -0.39 is 0 Å². The first-order valence-corrected chi connectivity index (χ1v) is 10.4. The van der Waals surface area contributed by atoms with Crippen molar-refractivity contribution in [2.45, 2.75) is 18.9 Å². The first-order valence-electron chi connectivity index (χ1n) is 10.4. The van der Waals surface area contributed by atoms with Gasteiger partial charge in [0.05, 0.1) is 11.4 Å². The van der Waals surface area contributed by atoms with Crippen LogP contribution in [0.3, 0.4) is 0 Å². The van der Waals surface area contributed by atoms with E-state index >= 15 is 0 Å². The molecule has 4 aromatic rings. The van der Waals surface area contributed by atoms with Crippen LogP contribution in [0, 0.1) is 0 Å². The van der Waals surface area contributed by atoms with Crippen molar-refractivity contribution >= 4 is 11.8 Å². The number of aromatic nitrogens is 8. The topological polar surface area (TPSA) is 137 Å². The molecule has 0 atom stereocenters. The van der Waals surface area contributed by atoms with Gasteiger partial charge in [0.25, 0.3) is 11.8 Å². The number of benzene rings is 2. The van der Waals surface area contributed by atoms with Crippen LogP contribution in [0.15, 0.2) is 61.2 Å². The monoisotopic (exact) mass is 444 g/mol. The van der Waals surface area contributed by atoms with Gasteiger partial charge in [-0.3, -0.25) is 9.59 Å². The van der Waals surface area contributed by atoms with Gasteiger partial charge in [-0.2, -0.15) is 0 Å². The summed E-state index contributed by atoms with van der Waals surface area (Å²) in [5.74, 6) is -0.256. The van der Waals surface area contributed by atoms with Crippen LogP contribution in [0.25, 0.3) is 11.4 Å². The normalized spacial score (nSPS) is 13.0. The Morgan fingerprint density at radius 3 is 1.88 bits per heavy atom. The van der Waals surface area contributed by atoms with Gasteiger partial charge in [-0.25, -0.2) is 9.36 Å². The molecule has 12 heteroatoms. The fourth-order valence-electron chi connectivity index (χ4n) is 3.48. The number of hydrogen-bond donors (Lipinski definition) is 1. The van der Waals surface area contributed by atoms with E-state index in [9.17, 15) is 9.59 Å². The highest BCUT2D eigenvalue weighted by Crippen LogP contribution is 2.28. The van der Waals surface area contributed by atoms with Gasteiger partial charge in [0.1, 0.15) is 12.7 Å². The predicted molar refractivity (Wildman–Crippen MR) is 115 cm³/mol. The maximum Gasteiger partial charge on any atom is 0.254 e. The number of amides is 2. The van der Waals surface area contributed by atoms with Gasteiger partial charge in [0.15, 0.2) is 0 Å². The van der Waals surface area contributed by atoms with Crippen molar-refractivity contribution in [3.8, 4) is 11.4 Å². The van der Waals surface area contributed by atoms with Crippen LogP contribution in [-0.4, -0.2) is 76.3 Å². The predicted octanol–water partition coefficient (Wildman–Crippen LogP) is 0.673. The largest absolute Gasteiger partial charge is 0.350 e. The molecule has 2 aromatic carbocycles. The van der Waals surface area contributed by atoms with E-state index in [2.05, 4.69) is 36.4 Å². The lowest BCUT2D eigenvalue weighted by Crippen LogP contribution is -2.40. The van der Waals surface area contributed by atoms with Gasteiger partial charge >= 0.3 is 0 Å². The summed E-state index contributed by atoms with van der Waals surface area (Å²) in [4.78, 5) is 27.4. The van der Waals surface area contributed by atoms with E-state index in [4.69, 9.17) is 0 Å². The van der Waals surface area contributed by atoms with E-state index in [1.165, 1.54) is 22.0 Å². The highest BCUT2D eigenvalue weighted by atomic mass is 16.2. The Kier molecular flexibility index (Phi) is 5.54. The van der Waals surface area contributed by atoms with Gasteiger partial charge in [-0.15, -0.1) is 10.2 Å². The molecule has 2 aromatic heterocycles. The highest BCUT2D eigenvalue weighted by molar-refractivity contribution is 5.95. The molecule has 1 saturated carbocycles. The Labute approximate surface area is 188 Å². The molecule has 0 aliphatic heterocycles. The zero-order valence-corrected chi connectivity index (χ0v) is 17.5. The van der Waals surface area contributed by atoms with Crippen molar-refractivity contribution in [3.63, 3.8) is 0 Å². The van der Waals surface area contributed by atoms with Crippen LogP contribution in [0.2, 0.25) is 0 Å². The molecule has 2 amide bonds. The van der Waals surface area contributed by atoms with Crippen LogP contribution < -0.4 is 5.32 Å².